The van der Waals surface area contributed by atoms with E-state index in [1.165, 1.54) is 13.5 Å². The van der Waals surface area contributed by atoms with Gasteiger partial charge in [0, 0.05) is 43.1 Å². The Bertz CT molecular complexity index is 1360. The molecule has 2 aliphatic carbocycles. The summed E-state index contributed by atoms with van der Waals surface area (Å²) in [6, 6.07) is 4.34. The van der Waals surface area contributed by atoms with Crippen LogP contribution in [0.1, 0.15) is 72.4 Å². The van der Waals surface area contributed by atoms with E-state index in [1.54, 1.807) is 23.1 Å². The first kappa shape index (κ1) is 40.8. The minimum Gasteiger partial charge on any atom is -0.545 e. The van der Waals surface area contributed by atoms with E-state index in [0.29, 0.717) is 35.0 Å². The van der Waals surface area contributed by atoms with Gasteiger partial charge in [0.2, 0.25) is 6.41 Å². The number of benzene rings is 1. The van der Waals surface area contributed by atoms with Gasteiger partial charge in [-0.2, -0.15) is 8.78 Å². The Hall–Kier alpha value is -3.19. The van der Waals surface area contributed by atoms with Crippen LogP contribution in [0.15, 0.2) is 28.2 Å². The quantitative estimate of drug-likeness (QED) is 0.214. The number of ether oxygens (including phenoxy) is 1. The van der Waals surface area contributed by atoms with Gasteiger partial charge in [-0.3, -0.25) is 21.2 Å². The molecule has 3 fully saturated rings. The van der Waals surface area contributed by atoms with Crippen molar-refractivity contribution in [2.45, 2.75) is 84.7 Å². The summed E-state index contributed by atoms with van der Waals surface area (Å²) >= 11 is 0. The van der Waals surface area contributed by atoms with Crippen LogP contribution in [0, 0.1) is 40.4 Å². The number of hydrogen-bond acceptors (Lipinski definition) is 8. The molecular weight excluding hydrogens is 639 g/mol. The number of amides is 2. The number of halogens is 2. The predicted octanol–water partition coefficient (Wildman–Crippen LogP) is 4.96. The molecule has 0 spiro atoms. The molecule has 2 aromatic rings. The predicted molar refractivity (Wildman–Crippen MR) is 167 cm³/mol. The summed E-state index contributed by atoms with van der Waals surface area (Å²) in [5.74, 6) is -1.51. The fourth-order valence-electron chi connectivity index (χ4n) is 5.86. The summed E-state index contributed by atoms with van der Waals surface area (Å²) in [5, 5.41) is 2.95. The van der Waals surface area contributed by atoms with Gasteiger partial charge in [0.1, 0.15) is 5.75 Å². The molecule has 255 valence electrons. The van der Waals surface area contributed by atoms with Crippen LogP contribution in [0.5, 0.6) is 5.75 Å². The number of nitrogens with one attached hydrogen (secondary N) is 1. The molecule has 2 heterocycles. The molecule has 0 bridgehead atoms. The van der Waals surface area contributed by atoms with E-state index in [1.807, 2.05) is 20.8 Å². The number of aromatic amines is 1. The molecule has 1 aliphatic heterocycles. The Morgan fingerprint density at radius 1 is 1.20 bits per heavy atom. The number of primary amides is 1. The summed E-state index contributed by atoms with van der Waals surface area (Å²) in [4.78, 5) is 59.5. The van der Waals surface area contributed by atoms with Crippen molar-refractivity contribution in [3.8, 4) is 5.75 Å². The van der Waals surface area contributed by atoms with E-state index < -0.39 is 29.1 Å². The van der Waals surface area contributed by atoms with E-state index in [9.17, 15) is 23.3 Å². The van der Waals surface area contributed by atoms with Gasteiger partial charge in [-0.15, -0.1) is 4.91 Å². The normalized spacial score (nSPS) is 24.8. The van der Waals surface area contributed by atoms with Gasteiger partial charge >= 0.3 is 0 Å². The van der Waals surface area contributed by atoms with Gasteiger partial charge in [0.15, 0.2) is 11.7 Å². The number of rotatable bonds is 9. The molecule has 46 heavy (non-hydrogen) atoms. The monoisotopic (exact) mass is 685 g/mol. The van der Waals surface area contributed by atoms with Crippen molar-refractivity contribution < 1.29 is 46.5 Å². The van der Waals surface area contributed by atoms with E-state index in [2.05, 4.69) is 41.5 Å². The maximum absolute atomic E-state index is 14.8. The number of aromatic nitrogens is 2. The Balaban J connectivity index is 0.000000434. The molecule has 1 radical (unpaired) electrons. The van der Waals surface area contributed by atoms with Gasteiger partial charge in [0.05, 0.1) is 18.1 Å². The number of nitrogens with zero attached hydrogens (tertiary/aromatic N) is 3. The second kappa shape index (κ2) is 18.2. The molecule has 1 aromatic heterocycles. The van der Waals surface area contributed by atoms with Crippen LogP contribution in [0.3, 0.4) is 0 Å². The second-order valence-electron chi connectivity index (χ2n) is 12.5. The summed E-state index contributed by atoms with van der Waals surface area (Å²) in [7, 11) is 1.50. The Morgan fingerprint density at radius 2 is 1.78 bits per heavy atom. The molecule has 2 amide bonds. The number of likely N-dealkylation sites (tertiary alicyclic amines) is 1. The van der Waals surface area contributed by atoms with Crippen molar-refractivity contribution in [3.05, 3.63) is 39.2 Å². The van der Waals surface area contributed by atoms with Crippen LogP contribution in [0.2, 0.25) is 0 Å². The summed E-state index contributed by atoms with van der Waals surface area (Å²) in [6.45, 7) is 14.1. The molecule has 1 aromatic carbocycles. The van der Waals surface area contributed by atoms with Crippen LogP contribution in [0.25, 0.3) is 11.0 Å². The Kier molecular flexibility index (Phi) is 16.2. The molecule has 11 nitrogen and oxygen atoms in total. The van der Waals surface area contributed by atoms with Crippen LogP contribution in [-0.2, 0) is 38.9 Å². The third-order valence-corrected chi connectivity index (χ3v) is 9.21. The fourth-order valence-corrected chi connectivity index (χ4v) is 5.86. The molecule has 4 unspecified atom stereocenters. The first-order valence-corrected chi connectivity index (χ1v) is 15.3. The smallest absolute Gasteiger partial charge is 0.298 e. The summed E-state index contributed by atoms with van der Waals surface area (Å²) in [5.41, 5.74) is 3.45. The zero-order valence-corrected chi connectivity index (χ0v) is 28.7. The number of H-pyrrole nitrogens is 1. The summed E-state index contributed by atoms with van der Waals surface area (Å²) < 4.78 is 34.8. The first-order chi connectivity index (χ1) is 21.3. The second-order valence-corrected chi connectivity index (χ2v) is 12.5. The number of fused-ring (bicyclic) bond motifs is 1. The topological polar surface area (TPSA) is 165 Å². The number of hydrogen-bond donors (Lipinski definition) is 2. The van der Waals surface area contributed by atoms with Crippen molar-refractivity contribution >= 4 is 30.1 Å². The number of alkyl halides is 2. The number of carbonyl (C=O) groups is 2. The van der Waals surface area contributed by atoms with Crippen molar-refractivity contribution in [2.75, 3.05) is 13.7 Å². The van der Waals surface area contributed by atoms with Gasteiger partial charge in [-0.1, -0.05) is 32.9 Å². The largest absolute Gasteiger partial charge is 0.545 e. The van der Waals surface area contributed by atoms with E-state index >= 15 is 0 Å². The van der Waals surface area contributed by atoms with Crippen LogP contribution in [-0.4, -0.2) is 59.7 Å². The van der Waals surface area contributed by atoms with Crippen LogP contribution < -0.4 is 16.0 Å². The fraction of sp³-hybridized carbons (Fsp3) is 0.656. The zero-order valence-electron chi connectivity index (χ0n) is 27.3. The SMILES string of the molecule is CC(C)[C@H](N=O)C(=O)N1CC[C@@H](C)[C@H]1C.COc1ccc2nc(C(F)(F)C3CC3CCC3CC3C)c(=O)[nH]c2c1.NC=O.[CH-]=O.[V]. The Morgan fingerprint density at radius 3 is 2.26 bits per heavy atom. The molecule has 7 atom stereocenters. The molecule has 3 N–H and O–H groups in total. The van der Waals surface area contributed by atoms with Gasteiger partial charge < -0.3 is 25.1 Å². The average Bonchev–Trinajstić information content (AvgIpc) is 3.92. The molecule has 14 heteroatoms. The van der Waals surface area contributed by atoms with Crippen molar-refractivity contribution in [1.29, 1.82) is 0 Å². The standard InChI is InChI=1S/C19H22F2N2O2.C11H20N2O2.CH3NO.CHO.V/c1-10-7-11(10)3-4-12-8-14(12)19(20,21)17-18(24)23-16-9-13(25-2)5-6-15(16)22-17;1-7(2)10(12-15)11(14)13-6-5-8(3)9(13)4;2-1-3;1-2;/h5-6,9-12,14H,3-4,7-8H2,1-2H3,(H,23,24);7-10H,5-6H2,1-4H3;1H,(H2,2,3);1H;/q;;;-1;/t;8-,9-,10+;;;/m.1.../s1. The number of nitrogens with two attached hydrogens (primary N) is 1. The molecule has 1 saturated heterocycles. The van der Waals surface area contributed by atoms with Crippen LogP contribution in [0.4, 0.5) is 8.78 Å². The molecule has 2 saturated carbocycles. The summed E-state index contributed by atoms with van der Waals surface area (Å²) in [6.07, 6.45) is 4.84. The van der Waals surface area contributed by atoms with Crippen LogP contribution >= 0.6 is 0 Å². The van der Waals surface area contributed by atoms with Gasteiger partial charge in [-0.05, 0) is 80.8 Å². The maximum atomic E-state index is 14.8. The van der Waals surface area contributed by atoms with E-state index in [4.69, 9.17) is 14.3 Å². The molecule has 3 aliphatic rings. The van der Waals surface area contributed by atoms with Crippen molar-refractivity contribution in [3.63, 3.8) is 0 Å². The molecular formula is C32H46F2N5O6V-. The van der Waals surface area contributed by atoms with Gasteiger partial charge in [-0.25, -0.2) is 4.98 Å². The maximum Gasteiger partial charge on any atom is 0.298 e. The Labute approximate surface area is 280 Å². The number of nitroso groups, excluding NO2 is 1. The van der Waals surface area contributed by atoms with Gasteiger partial charge in [0.25, 0.3) is 17.4 Å². The van der Waals surface area contributed by atoms with Crippen molar-refractivity contribution in [1.82, 2.24) is 14.9 Å². The minimum atomic E-state index is -3.18. The van der Waals surface area contributed by atoms with E-state index in [0.717, 1.165) is 31.7 Å². The number of methoxy groups -OCH3 is 1. The number of carbonyl (C=O) groups excluding carboxylic acids is 3. The van der Waals surface area contributed by atoms with E-state index in [-0.39, 0.29) is 48.8 Å². The third kappa shape index (κ3) is 10.2. The molecule has 5 rings (SSSR count). The zero-order chi connectivity index (χ0) is 34.1. The van der Waals surface area contributed by atoms with Crippen molar-refractivity contribution in [2.24, 2.45) is 46.4 Å². The minimum absolute atomic E-state index is 0. The average molecular weight is 686 g/mol. The first-order valence-electron chi connectivity index (χ1n) is 15.3. The third-order valence-electron chi connectivity index (χ3n) is 9.21.